The number of benzene rings is 1. The van der Waals surface area contributed by atoms with Crippen molar-refractivity contribution in [1.82, 2.24) is 0 Å². The van der Waals surface area contributed by atoms with Crippen LogP contribution in [0.25, 0.3) is 0 Å². The Bertz CT molecular complexity index is 390. The molecule has 0 radical (unpaired) electrons. The van der Waals surface area contributed by atoms with E-state index >= 15 is 0 Å². The molecule has 0 amide bonds. The molecule has 1 rings (SSSR count). The van der Waals surface area contributed by atoms with Crippen molar-refractivity contribution < 1.29 is 19.4 Å². The van der Waals surface area contributed by atoms with Crippen molar-refractivity contribution in [1.29, 1.82) is 0 Å². The molecular formula is C11H13ClO4. The second-order valence-electron chi connectivity index (χ2n) is 3.20. The molecule has 4 nitrogen and oxygen atoms in total. The number of phenols is 1. The lowest BCUT2D eigenvalue weighted by Gasteiger charge is -2.08. The lowest BCUT2D eigenvalue weighted by Crippen LogP contribution is -2.02. The first kappa shape index (κ1) is 12.6. The van der Waals surface area contributed by atoms with E-state index < -0.39 is 0 Å². The Morgan fingerprint density at radius 2 is 2.12 bits per heavy atom. The van der Waals surface area contributed by atoms with Crippen LogP contribution in [-0.2, 0) is 16.0 Å². The molecule has 5 heteroatoms. The molecule has 0 atom stereocenters. The van der Waals surface area contributed by atoms with Gasteiger partial charge in [-0.1, -0.05) is 11.6 Å². The topological polar surface area (TPSA) is 55.8 Å². The molecule has 1 N–H and O–H groups in total. The van der Waals surface area contributed by atoms with Crippen LogP contribution in [0, 0.1) is 0 Å². The lowest BCUT2D eigenvalue weighted by molar-refractivity contribution is -0.140. The molecule has 0 fully saturated rings. The number of phenolic OH excluding ortho intramolecular Hbond substituents is 1. The highest BCUT2D eigenvalue weighted by atomic mass is 35.5. The summed E-state index contributed by atoms with van der Waals surface area (Å²) < 4.78 is 9.48. The molecule has 0 heterocycles. The van der Waals surface area contributed by atoms with Gasteiger partial charge in [-0.2, -0.15) is 0 Å². The van der Waals surface area contributed by atoms with Crippen LogP contribution in [0.5, 0.6) is 11.5 Å². The minimum Gasteiger partial charge on any atom is -0.503 e. The molecule has 0 saturated heterocycles. The zero-order valence-electron chi connectivity index (χ0n) is 9.12. The van der Waals surface area contributed by atoms with Gasteiger partial charge >= 0.3 is 5.97 Å². The molecule has 0 bridgehead atoms. The first-order valence-corrected chi connectivity index (χ1v) is 5.08. The molecule has 0 aliphatic heterocycles. The highest BCUT2D eigenvalue weighted by Gasteiger charge is 2.10. The average Bonchev–Trinajstić information content (AvgIpc) is 2.29. The standard InChI is InChI=1S/C11H13ClO4/c1-15-9-6-7(3-4-10(13)16-2)5-8(12)11(9)14/h5-6,14H,3-4H2,1-2H3. The van der Waals surface area contributed by atoms with Crippen LogP contribution in [0.4, 0.5) is 0 Å². The van der Waals surface area contributed by atoms with Gasteiger partial charge in [0.2, 0.25) is 0 Å². The molecule has 0 aromatic heterocycles. The minimum atomic E-state index is -0.289. The molecule has 16 heavy (non-hydrogen) atoms. The van der Waals surface area contributed by atoms with Gasteiger partial charge in [-0.05, 0) is 24.1 Å². The summed E-state index contributed by atoms with van der Waals surface area (Å²) in [5.41, 5.74) is 0.810. The van der Waals surface area contributed by atoms with Crippen LogP contribution < -0.4 is 4.74 Å². The fourth-order valence-electron chi connectivity index (χ4n) is 1.28. The maximum atomic E-state index is 11.0. The molecule has 1 aromatic rings. The van der Waals surface area contributed by atoms with Crippen molar-refractivity contribution >= 4 is 17.6 Å². The summed E-state index contributed by atoms with van der Waals surface area (Å²) in [5, 5.41) is 9.70. The van der Waals surface area contributed by atoms with Gasteiger partial charge in [0.1, 0.15) is 0 Å². The number of hydrogen-bond donors (Lipinski definition) is 1. The third-order valence-electron chi connectivity index (χ3n) is 2.15. The second-order valence-corrected chi connectivity index (χ2v) is 3.61. The SMILES string of the molecule is COC(=O)CCc1cc(Cl)c(O)c(OC)c1. The fourth-order valence-corrected chi connectivity index (χ4v) is 1.51. The van der Waals surface area contributed by atoms with Crippen LogP contribution >= 0.6 is 11.6 Å². The Morgan fingerprint density at radius 3 is 2.69 bits per heavy atom. The first-order valence-electron chi connectivity index (χ1n) is 4.70. The number of aromatic hydroxyl groups is 1. The van der Waals surface area contributed by atoms with Gasteiger partial charge in [0.15, 0.2) is 11.5 Å². The van der Waals surface area contributed by atoms with E-state index in [-0.39, 0.29) is 23.2 Å². The summed E-state index contributed by atoms with van der Waals surface area (Å²) in [7, 11) is 2.78. The summed E-state index contributed by atoms with van der Waals surface area (Å²) in [4.78, 5) is 11.0. The third-order valence-corrected chi connectivity index (χ3v) is 2.44. The molecule has 88 valence electrons. The Hall–Kier alpha value is -1.42. The summed E-state index contributed by atoms with van der Waals surface area (Å²) >= 11 is 5.80. The number of aryl methyl sites for hydroxylation is 1. The summed E-state index contributed by atoms with van der Waals surface area (Å²) in [6, 6.07) is 3.24. The number of ether oxygens (including phenoxy) is 2. The van der Waals surface area contributed by atoms with E-state index in [9.17, 15) is 9.90 Å². The van der Waals surface area contributed by atoms with Crippen LogP contribution in [0.15, 0.2) is 12.1 Å². The van der Waals surface area contributed by atoms with E-state index in [2.05, 4.69) is 4.74 Å². The van der Waals surface area contributed by atoms with Crippen molar-refractivity contribution in [2.45, 2.75) is 12.8 Å². The van der Waals surface area contributed by atoms with Crippen molar-refractivity contribution in [3.05, 3.63) is 22.7 Å². The number of carbonyl (C=O) groups excluding carboxylic acids is 1. The van der Waals surface area contributed by atoms with Crippen molar-refractivity contribution in [3.63, 3.8) is 0 Å². The fraction of sp³-hybridized carbons (Fsp3) is 0.364. The number of carbonyl (C=O) groups is 1. The molecule has 0 aliphatic rings. The van der Waals surface area contributed by atoms with Crippen LogP contribution in [0.2, 0.25) is 5.02 Å². The van der Waals surface area contributed by atoms with E-state index in [1.807, 2.05) is 0 Å². The lowest BCUT2D eigenvalue weighted by atomic mass is 10.1. The Morgan fingerprint density at radius 1 is 1.44 bits per heavy atom. The van der Waals surface area contributed by atoms with E-state index in [4.69, 9.17) is 16.3 Å². The number of rotatable bonds is 4. The van der Waals surface area contributed by atoms with Gasteiger partial charge in [-0.15, -0.1) is 0 Å². The largest absolute Gasteiger partial charge is 0.503 e. The summed E-state index contributed by atoms with van der Waals surface area (Å²) in [5.74, 6) is -0.0819. The van der Waals surface area contributed by atoms with Crippen LogP contribution in [0.3, 0.4) is 0 Å². The minimum absolute atomic E-state index is 0.0917. The van der Waals surface area contributed by atoms with E-state index in [1.54, 1.807) is 12.1 Å². The predicted molar refractivity (Wildman–Crippen MR) is 60.0 cm³/mol. The van der Waals surface area contributed by atoms with Gasteiger partial charge < -0.3 is 14.6 Å². The molecule has 1 aromatic carbocycles. The van der Waals surface area contributed by atoms with Crippen LogP contribution in [-0.4, -0.2) is 25.3 Å². The number of hydrogen-bond acceptors (Lipinski definition) is 4. The van der Waals surface area contributed by atoms with Crippen molar-refractivity contribution in [3.8, 4) is 11.5 Å². The molecule has 0 aliphatic carbocycles. The monoisotopic (exact) mass is 244 g/mol. The average molecular weight is 245 g/mol. The third kappa shape index (κ3) is 3.03. The molecule has 0 saturated carbocycles. The van der Waals surface area contributed by atoms with Gasteiger partial charge in [-0.3, -0.25) is 4.79 Å². The molecular weight excluding hydrogens is 232 g/mol. The quantitative estimate of drug-likeness (QED) is 0.825. The van der Waals surface area contributed by atoms with Gasteiger partial charge in [0.25, 0.3) is 0 Å². The summed E-state index contributed by atoms with van der Waals surface area (Å²) in [6.45, 7) is 0. The summed E-state index contributed by atoms with van der Waals surface area (Å²) in [6.07, 6.45) is 0.754. The Kier molecular flexibility index (Phi) is 4.43. The van der Waals surface area contributed by atoms with E-state index in [0.29, 0.717) is 12.2 Å². The van der Waals surface area contributed by atoms with Crippen molar-refractivity contribution in [2.24, 2.45) is 0 Å². The Labute approximate surface area is 98.7 Å². The smallest absolute Gasteiger partial charge is 0.305 e. The van der Waals surface area contributed by atoms with E-state index in [1.165, 1.54) is 14.2 Å². The van der Waals surface area contributed by atoms with Crippen molar-refractivity contribution in [2.75, 3.05) is 14.2 Å². The molecule has 0 spiro atoms. The zero-order valence-corrected chi connectivity index (χ0v) is 9.87. The van der Waals surface area contributed by atoms with Gasteiger partial charge in [-0.25, -0.2) is 0 Å². The van der Waals surface area contributed by atoms with Crippen LogP contribution in [0.1, 0.15) is 12.0 Å². The zero-order chi connectivity index (χ0) is 12.1. The van der Waals surface area contributed by atoms with Gasteiger partial charge in [0, 0.05) is 6.42 Å². The maximum Gasteiger partial charge on any atom is 0.305 e. The molecule has 0 unspecified atom stereocenters. The normalized spacial score (nSPS) is 9.94. The first-order chi connectivity index (χ1) is 7.58. The number of methoxy groups -OCH3 is 2. The second kappa shape index (κ2) is 5.61. The highest BCUT2D eigenvalue weighted by molar-refractivity contribution is 6.32. The highest BCUT2D eigenvalue weighted by Crippen LogP contribution is 2.35. The van der Waals surface area contributed by atoms with E-state index in [0.717, 1.165) is 5.56 Å². The predicted octanol–water partition coefficient (Wildman–Crippen LogP) is 2.16. The van der Waals surface area contributed by atoms with Gasteiger partial charge in [0.05, 0.1) is 19.2 Å². The maximum absolute atomic E-state index is 11.0. The Balaban J connectivity index is 2.81. The number of esters is 1. The number of halogens is 1.